The molecule has 0 aromatic carbocycles. The number of pyridine rings is 1. The minimum Gasteiger partial charge on any atom is -0.343 e. The number of aromatic nitrogens is 4. The van der Waals surface area contributed by atoms with Gasteiger partial charge in [-0.1, -0.05) is 36.6 Å². The molecule has 3 amide bonds. The zero-order valence-electron chi connectivity index (χ0n) is 29.4. The smallest absolute Gasteiger partial charge is 0.270 e. The zero-order valence-corrected chi connectivity index (χ0v) is 30.2. The molecular weight excluding hydrogens is 666 g/mol. The number of piperidine rings is 2. The molecule has 12 nitrogen and oxygen atoms in total. The first-order valence-electron chi connectivity index (χ1n) is 18.3. The van der Waals surface area contributed by atoms with Crippen LogP contribution in [0.4, 0.5) is 11.8 Å². The van der Waals surface area contributed by atoms with Gasteiger partial charge in [0, 0.05) is 75.0 Å². The molecule has 1 saturated carbocycles. The number of hydrogen-bond acceptors (Lipinski definition) is 9. The van der Waals surface area contributed by atoms with E-state index in [-0.39, 0.29) is 35.7 Å². The molecule has 0 bridgehead atoms. The first-order valence-corrected chi connectivity index (χ1v) is 18.7. The van der Waals surface area contributed by atoms with Crippen molar-refractivity contribution in [1.29, 1.82) is 0 Å². The van der Waals surface area contributed by atoms with Crippen LogP contribution in [0.2, 0.25) is 0 Å². The van der Waals surface area contributed by atoms with E-state index in [0.29, 0.717) is 40.7 Å². The van der Waals surface area contributed by atoms with Crippen molar-refractivity contribution in [3.05, 3.63) is 64.6 Å². The summed E-state index contributed by atoms with van der Waals surface area (Å²) in [7, 11) is 3.57. The molecule has 4 fully saturated rings. The Kier molecular flexibility index (Phi) is 9.18. The maximum Gasteiger partial charge on any atom is 0.270 e. The Morgan fingerprint density at radius 1 is 1.08 bits per heavy atom. The summed E-state index contributed by atoms with van der Waals surface area (Å²) >= 11 is 6.71. The molecule has 5 aliphatic rings. The van der Waals surface area contributed by atoms with Crippen LogP contribution in [0, 0.1) is 11.3 Å². The van der Waals surface area contributed by atoms with E-state index in [4.69, 9.17) is 16.6 Å². The van der Waals surface area contributed by atoms with Gasteiger partial charge in [0.1, 0.15) is 17.2 Å². The standard InChI is InChI=1S/C38H46ClN9O3/c1-45(2)36(51)31-17-25-20-41-37(44-34(25)48(31)26-5-3-4-6-26)42-32-11-7-24(19-40-32)21-46-22-38(23-46)13-15-47(16-14-38)27-8-9-28(30(39)18-27)29-10-12-33(49)43-35(29)50/h7,9,11,17-20,26-27,29H,3-6,8,10,12-16,21-23H2,1-2H3,(H,43,49,50)(H,40,41,42,44)/t27?,29-/m1/s1. The van der Waals surface area contributed by atoms with Crippen LogP contribution in [0.25, 0.3) is 11.0 Å². The van der Waals surface area contributed by atoms with Gasteiger partial charge >= 0.3 is 0 Å². The van der Waals surface area contributed by atoms with Gasteiger partial charge in [-0.05, 0) is 86.4 Å². The summed E-state index contributed by atoms with van der Waals surface area (Å²) in [6, 6.07) is 6.53. The molecule has 2 atom stereocenters. The average Bonchev–Trinajstić information content (AvgIpc) is 3.77. The minimum absolute atomic E-state index is 0.0198. The highest BCUT2D eigenvalue weighted by Crippen LogP contribution is 2.43. The van der Waals surface area contributed by atoms with E-state index in [9.17, 15) is 14.4 Å². The number of imide groups is 1. The largest absolute Gasteiger partial charge is 0.343 e. The highest BCUT2D eigenvalue weighted by molar-refractivity contribution is 6.32. The Labute approximate surface area is 303 Å². The summed E-state index contributed by atoms with van der Waals surface area (Å²) < 4.78 is 2.12. The van der Waals surface area contributed by atoms with Gasteiger partial charge < -0.3 is 14.8 Å². The van der Waals surface area contributed by atoms with Crippen LogP contribution in [0.5, 0.6) is 0 Å². The van der Waals surface area contributed by atoms with Crippen LogP contribution in [0.15, 0.2) is 53.4 Å². The monoisotopic (exact) mass is 711 g/mol. The molecular formula is C38H46ClN9O3. The fourth-order valence-electron chi connectivity index (χ4n) is 8.85. The number of rotatable bonds is 8. The van der Waals surface area contributed by atoms with E-state index in [2.05, 4.69) is 53.2 Å². The molecule has 3 aliphatic heterocycles. The van der Waals surface area contributed by atoms with Crippen LogP contribution in [0.3, 0.4) is 0 Å². The van der Waals surface area contributed by atoms with E-state index in [1.54, 1.807) is 25.2 Å². The number of carbonyl (C=O) groups excluding carboxylic acids is 3. The van der Waals surface area contributed by atoms with E-state index in [1.165, 1.54) is 5.56 Å². The van der Waals surface area contributed by atoms with Crippen molar-refractivity contribution < 1.29 is 14.4 Å². The second-order valence-electron chi connectivity index (χ2n) is 15.3. The molecule has 1 spiro atoms. The first-order chi connectivity index (χ1) is 24.6. The van der Waals surface area contributed by atoms with Crippen molar-refractivity contribution in [2.24, 2.45) is 11.3 Å². The second-order valence-corrected chi connectivity index (χ2v) is 15.8. The Balaban J connectivity index is 0.836. The van der Waals surface area contributed by atoms with E-state index in [0.717, 1.165) is 94.3 Å². The highest BCUT2D eigenvalue weighted by atomic mass is 35.5. The van der Waals surface area contributed by atoms with Crippen LogP contribution in [0.1, 0.15) is 79.9 Å². The quantitative estimate of drug-likeness (QED) is 0.305. The maximum atomic E-state index is 13.0. The molecule has 0 radical (unpaired) electrons. The SMILES string of the molecule is CN(C)C(=O)c1cc2cnc(Nc3ccc(CN4CC5(CCN(C6C=C(Cl)C([C@H]7CCC(=O)NC7=O)=CC6)CC5)C4)cn3)nc2n1C1CCCC1. The number of amides is 3. The summed E-state index contributed by atoms with van der Waals surface area (Å²) in [4.78, 5) is 57.8. The lowest BCUT2D eigenvalue weighted by Crippen LogP contribution is -2.60. The van der Waals surface area contributed by atoms with Gasteiger partial charge in [-0.3, -0.25) is 29.5 Å². The molecule has 2 N–H and O–H groups in total. The number of anilines is 2. The fourth-order valence-corrected chi connectivity index (χ4v) is 9.21. The van der Waals surface area contributed by atoms with E-state index >= 15 is 0 Å². The number of nitrogens with zero attached hydrogens (tertiary/aromatic N) is 7. The molecule has 1 unspecified atom stereocenters. The van der Waals surface area contributed by atoms with Crippen molar-refractivity contribution in [2.75, 3.05) is 45.6 Å². The number of hydrogen-bond donors (Lipinski definition) is 2. The highest BCUT2D eigenvalue weighted by Gasteiger charge is 2.45. The molecule has 2 aliphatic carbocycles. The second kappa shape index (κ2) is 13.8. The lowest BCUT2D eigenvalue weighted by molar-refractivity contribution is -0.135. The minimum atomic E-state index is -0.333. The van der Waals surface area contributed by atoms with Gasteiger partial charge in [-0.25, -0.2) is 9.97 Å². The van der Waals surface area contributed by atoms with Gasteiger partial charge in [0.2, 0.25) is 17.8 Å². The van der Waals surface area contributed by atoms with Crippen molar-refractivity contribution in [1.82, 2.24) is 39.5 Å². The number of carbonyl (C=O) groups is 3. The third-order valence-electron chi connectivity index (χ3n) is 11.6. The fraction of sp³-hybridized carbons (Fsp3) is 0.526. The number of halogens is 1. The van der Waals surface area contributed by atoms with Crippen molar-refractivity contribution >= 4 is 52.1 Å². The Morgan fingerprint density at radius 2 is 1.86 bits per heavy atom. The number of likely N-dealkylation sites (tertiary alicyclic amines) is 2. The van der Waals surface area contributed by atoms with Gasteiger partial charge in [0.05, 0.1) is 5.92 Å². The van der Waals surface area contributed by atoms with Crippen LogP contribution in [-0.4, -0.2) is 98.3 Å². The maximum absolute atomic E-state index is 13.0. The number of nitrogens with one attached hydrogen (secondary N) is 2. The first kappa shape index (κ1) is 34.0. The van der Waals surface area contributed by atoms with Crippen LogP contribution >= 0.6 is 11.6 Å². The predicted octanol–water partition coefficient (Wildman–Crippen LogP) is 5.16. The third-order valence-corrected chi connectivity index (χ3v) is 12.0. The van der Waals surface area contributed by atoms with Gasteiger partial charge in [0.15, 0.2) is 0 Å². The molecule has 3 saturated heterocycles. The summed E-state index contributed by atoms with van der Waals surface area (Å²) in [5.74, 6) is 0.366. The Morgan fingerprint density at radius 3 is 2.55 bits per heavy atom. The summed E-state index contributed by atoms with van der Waals surface area (Å²) in [6.07, 6.45) is 16.4. The molecule has 3 aromatic rings. The van der Waals surface area contributed by atoms with Crippen molar-refractivity contribution in [3.8, 4) is 0 Å². The van der Waals surface area contributed by atoms with Crippen molar-refractivity contribution in [3.63, 3.8) is 0 Å². The van der Waals surface area contributed by atoms with Crippen LogP contribution in [-0.2, 0) is 16.1 Å². The van der Waals surface area contributed by atoms with E-state index < -0.39 is 0 Å². The summed E-state index contributed by atoms with van der Waals surface area (Å²) in [6.45, 7) is 5.13. The van der Waals surface area contributed by atoms with Gasteiger partial charge in [-0.15, -0.1) is 0 Å². The number of allylic oxidation sites excluding steroid dienone is 1. The summed E-state index contributed by atoms with van der Waals surface area (Å²) in [5, 5.41) is 7.25. The van der Waals surface area contributed by atoms with Crippen LogP contribution < -0.4 is 10.6 Å². The topological polar surface area (TPSA) is 129 Å². The lowest BCUT2D eigenvalue weighted by atomic mass is 9.71. The summed E-state index contributed by atoms with van der Waals surface area (Å²) in [5.41, 5.74) is 3.86. The Hall–Kier alpha value is -4.13. The average molecular weight is 712 g/mol. The Bertz CT molecular complexity index is 1900. The third kappa shape index (κ3) is 6.81. The lowest BCUT2D eigenvalue weighted by Gasteiger charge is -2.55. The molecule has 13 heteroatoms. The van der Waals surface area contributed by atoms with E-state index in [1.807, 2.05) is 18.3 Å². The predicted molar refractivity (Wildman–Crippen MR) is 195 cm³/mol. The van der Waals surface area contributed by atoms with Gasteiger partial charge in [-0.2, -0.15) is 4.98 Å². The van der Waals surface area contributed by atoms with Gasteiger partial charge in [0.25, 0.3) is 5.91 Å². The zero-order chi connectivity index (χ0) is 35.3. The van der Waals surface area contributed by atoms with Crippen molar-refractivity contribution in [2.45, 2.75) is 76.4 Å². The molecule has 8 rings (SSSR count). The molecule has 268 valence electrons. The molecule has 51 heavy (non-hydrogen) atoms. The molecule has 3 aromatic heterocycles. The normalized spacial score (nSPS) is 24.3. The number of fused-ring (bicyclic) bond motifs is 1. The molecule has 6 heterocycles.